The molecule has 0 radical (unpaired) electrons. The predicted molar refractivity (Wildman–Crippen MR) is 281 cm³/mol. The maximum Gasteiger partial charge on any atom is 0.0950 e. The van der Waals surface area contributed by atoms with E-state index in [1.165, 1.54) is 22.3 Å². The molecule has 0 saturated heterocycles. The van der Waals surface area contributed by atoms with Gasteiger partial charge in [-0.2, -0.15) is 0 Å². The van der Waals surface area contributed by atoms with Crippen molar-refractivity contribution in [2.24, 2.45) is 0 Å². The van der Waals surface area contributed by atoms with Gasteiger partial charge in [-0.1, -0.05) is 133 Å². The largest absolute Gasteiger partial charge is 0.354 e. The Morgan fingerprint density at radius 2 is 0.838 bits per heavy atom. The lowest BCUT2D eigenvalue weighted by molar-refractivity contribution is 1.22. The Labute approximate surface area is 392 Å². The Balaban J connectivity index is 1.05. The molecule has 318 valence electrons. The van der Waals surface area contributed by atoms with Gasteiger partial charge in [0.1, 0.15) is 0 Å². The number of nitrogens with zero attached hydrogens (tertiary/aromatic N) is 4. The molecule has 7 heterocycles. The molecule has 6 heteroatoms. The summed E-state index contributed by atoms with van der Waals surface area (Å²) in [6.07, 6.45) is 11.7. The second-order valence-corrected chi connectivity index (χ2v) is 17.7. The van der Waals surface area contributed by atoms with Crippen LogP contribution in [0.25, 0.3) is 130 Å². The monoisotopic (exact) mass is 868 g/mol. The summed E-state index contributed by atoms with van der Waals surface area (Å²) in [4.78, 5) is 24.3. The third-order valence-electron chi connectivity index (χ3n) is 13.8. The standard InChI is InChI=1S/C62H40N6/c1-4-13-38(14-5-1)58-47-25-27-49(63-47)59(39-15-6-2-7-16-39)51-29-31-53(65-51)61(54-32-30-52(66-54)60(40-17-8-3-9-18-40)50-28-26-48(58)64-50)42-23-33-56-55(37-42)67-62(57-21-12-34-68(56)57)43-22-24-46-44(36-43)35-41-19-10-11-20-45(41)46/h1-34,36-37,63,66H,35H2. The van der Waals surface area contributed by atoms with E-state index in [-0.39, 0.29) is 0 Å². The molecule has 0 unspecified atom stereocenters. The van der Waals surface area contributed by atoms with Crippen LogP contribution in [-0.2, 0) is 6.42 Å². The van der Waals surface area contributed by atoms with Gasteiger partial charge in [0.25, 0.3) is 0 Å². The Hall–Kier alpha value is -9.13. The molecule has 5 aromatic heterocycles. The summed E-state index contributed by atoms with van der Waals surface area (Å²) >= 11 is 0. The zero-order valence-electron chi connectivity index (χ0n) is 36.8. The van der Waals surface area contributed by atoms with Crippen molar-refractivity contribution in [2.45, 2.75) is 6.42 Å². The molecule has 2 N–H and O–H groups in total. The van der Waals surface area contributed by atoms with Crippen LogP contribution in [0.5, 0.6) is 0 Å². The first-order valence-corrected chi connectivity index (χ1v) is 23.1. The molecule has 68 heavy (non-hydrogen) atoms. The second-order valence-electron chi connectivity index (χ2n) is 17.7. The van der Waals surface area contributed by atoms with Crippen molar-refractivity contribution >= 4 is 62.9 Å². The van der Waals surface area contributed by atoms with E-state index in [4.69, 9.17) is 15.0 Å². The minimum atomic E-state index is 0.854. The highest BCUT2D eigenvalue weighted by Crippen LogP contribution is 2.42. The normalized spacial score (nSPS) is 12.5. The van der Waals surface area contributed by atoms with E-state index in [0.29, 0.717) is 0 Å². The van der Waals surface area contributed by atoms with Crippen LogP contribution >= 0.6 is 0 Å². The summed E-state index contributed by atoms with van der Waals surface area (Å²) in [7, 11) is 0. The van der Waals surface area contributed by atoms with Gasteiger partial charge in [0.05, 0.1) is 45.0 Å². The second kappa shape index (κ2) is 15.2. The average Bonchev–Trinajstić information content (AvgIpc) is 4.26. The molecule has 0 amide bonds. The molecule has 0 spiro atoms. The van der Waals surface area contributed by atoms with E-state index in [1.807, 2.05) is 0 Å². The van der Waals surface area contributed by atoms with Crippen molar-refractivity contribution in [3.8, 4) is 66.9 Å². The summed E-state index contributed by atoms with van der Waals surface area (Å²) in [5.74, 6) is 0. The van der Waals surface area contributed by atoms with E-state index in [0.717, 1.165) is 124 Å². The fourth-order valence-electron chi connectivity index (χ4n) is 10.7. The highest BCUT2D eigenvalue weighted by Gasteiger charge is 2.22. The Morgan fingerprint density at radius 1 is 0.353 bits per heavy atom. The van der Waals surface area contributed by atoms with Crippen LogP contribution in [0.1, 0.15) is 33.9 Å². The Bertz CT molecular complexity index is 4060. The number of nitrogens with one attached hydrogen (secondary N) is 2. The van der Waals surface area contributed by atoms with E-state index in [1.54, 1.807) is 0 Å². The summed E-state index contributed by atoms with van der Waals surface area (Å²) in [5, 5.41) is 0. The van der Waals surface area contributed by atoms with Gasteiger partial charge in [-0.25, -0.2) is 15.0 Å². The number of aromatic amines is 2. The van der Waals surface area contributed by atoms with Crippen molar-refractivity contribution < 1.29 is 0 Å². The highest BCUT2D eigenvalue weighted by molar-refractivity contribution is 6.01. The topological polar surface area (TPSA) is 74.7 Å². The number of H-pyrrole nitrogens is 2. The van der Waals surface area contributed by atoms with E-state index in [2.05, 4.69) is 233 Å². The minimum Gasteiger partial charge on any atom is -0.354 e. The fraction of sp³-hybridized carbons (Fsp3) is 0.0161. The van der Waals surface area contributed by atoms with Gasteiger partial charge in [-0.05, 0) is 130 Å². The lowest BCUT2D eigenvalue weighted by atomic mass is 10.0. The quantitative estimate of drug-likeness (QED) is 0.181. The van der Waals surface area contributed by atoms with Crippen molar-refractivity contribution in [3.63, 3.8) is 0 Å². The molecule has 0 saturated carbocycles. The zero-order chi connectivity index (χ0) is 44.7. The maximum absolute atomic E-state index is 5.56. The van der Waals surface area contributed by atoms with Crippen LogP contribution in [0, 0.1) is 0 Å². The van der Waals surface area contributed by atoms with Crippen LogP contribution < -0.4 is 0 Å². The minimum absolute atomic E-state index is 0.854. The molecule has 14 rings (SSSR count). The lowest BCUT2D eigenvalue weighted by Gasteiger charge is -2.12. The molecule has 3 aliphatic rings. The zero-order valence-corrected chi connectivity index (χ0v) is 36.8. The van der Waals surface area contributed by atoms with Crippen molar-refractivity contribution in [1.29, 1.82) is 0 Å². The van der Waals surface area contributed by atoms with Gasteiger partial charge < -0.3 is 14.4 Å². The number of benzene rings is 6. The number of rotatable bonds is 5. The molecule has 0 atom stereocenters. The highest BCUT2D eigenvalue weighted by atomic mass is 14.9. The number of aromatic nitrogens is 6. The van der Waals surface area contributed by atoms with E-state index < -0.39 is 0 Å². The molecule has 11 aromatic rings. The van der Waals surface area contributed by atoms with Crippen LogP contribution in [0.15, 0.2) is 194 Å². The SMILES string of the molecule is C1=Cc2nc1c(-c1ccccc1)c1ccc([nH]1)c(-c1ccccc1)c1nc(c(-c3ccc4c(c3)nc(-c3ccc5c(c3)Cc3ccccc3-5)c3cccn34)c3ccc([nH]3)c2-c2ccccc2)C=C1. The van der Waals surface area contributed by atoms with Crippen LogP contribution in [0.3, 0.4) is 0 Å². The lowest BCUT2D eigenvalue weighted by Crippen LogP contribution is -1.96. The molecule has 1 aliphatic carbocycles. The maximum atomic E-state index is 5.56. The molecule has 6 aromatic carbocycles. The molecule has 2 aliphatic heterocycles. The molecular weight excluding hydrogens is 829 g/mol. The fourth-order valence-corrected chi connectivity index (χ4v) is 10.7. The first kappa shape index (κ1) is 38.2. The smallest absolute Gasteiger partial charge is 0.0950 e. The van der Waals surface area contributed by atoms with Gasteiger partial charge in [0.15, 0.2) is 0 Å². The summed E-state index contributed by atoms with van der Waals surface area (Å²) in [5.41, 5.74) is 26.0. The first-order chi connectivity index (χ1) is 33.7. The van der Waals surface area contributed by atoms with E-state index >= 15 is 0 Å². The van der Waals surface area contributed by atoms with Crippen molar-refractivity contribution in [2.75, 3.05) is 0 Å². The summed E-state index contributed by atoms with van der Waals surface area (Å²) < 4.78 is 2.27. The number of hydrogen-bond donors (Lipinski definition) is 2. The van der Waals surface area contributed by atoms with Gasteiger partial charge in [0, 0.05) is 56.1 Å². The van der Waals surface area contributed by atoms with Gasteiger partial charge in [-0.3, -0.25) is 0 Å². The van der Waals surface area contributed by atoms with Crippen LogP contribution in [0.2, 0.25) is 0 Å². The first-order valence-electron chi connectivity index (χ1n) is 23.1. The van der Waals surface area contributed by atoms with E-state index in [9.17, 15) is 0 Å². The van der Waals surface area contributed by atoms with Gasteiger partial charge >= 0.3 is 0 Å². The molecule has 8 bridgehead atoms. The summed E-state index contributed by atoms with van der Waals surface area (Å²) in [6.45, 7) is 0. The van der Waals surface area contributed by atoms with Gasteiger partial charge in [-0.15, -0.1) is 0 Å². The Morgan fingerprint density at radius 3 is 1.40 bits per heavy atom. The Kier molecular flexibility index (Phi) is 8.55. The average molecular weight is 869 g/mol. The number of hydrogen-bond acceptors (Lipinski definition) is 3. The summed E-state index contributed by atoms with van der Waals surface area (Å²) in [6, 6.07) is 66.9. The molecule has 6 nitrogen and oxygen atoms in total. The van der Waals surface area contributed by atoms with Crippen LogP contribution in [-0.4, -0.2) is 29.3 Å². The third kappa shape index (κ3) is 6.15. The molecule has 0 fully saturated rings. The molecular formula is C62H40N6. The van der Waals surface area contributed by atoms with Gasteiger partial charge in [0.2, 0.25) is 0 Å². The van der Waals surface area contributed by atoms with Crippen molar-refractivity contribution in [3.05, 3.63) is 228 Å². The predicted octanol–water partition coefficient (Wildman–Crippen LogP) is 15.4. The number of fused-ring (bicyclic) bond motifs is 14. The third-order valence-corrected chi connectivity index (χ3v) is 13.8. The van der Waals surface area contributed by atoms with Crippen molar-refractivity contribution in [1.82, 2.24) is 29.3 Å². The van der Waals surface area contributed by atoms with Crippen LogP contribution in [0.4, 0.5) is 0 Å².